The van der Waals surface area contributed by atoms with E-state index in [0.717, 1.165) is 5.56 Å². The number of rotatable bonds is 16. The second kappa shape index (κ2) is 19.0. The van der Waals surface area contributed by atoms with Gasteiger partial charge in [-0.2, -0.15) is 0 Å². The first-order chi connectivity index (χ1) is 30.2. The van der Waals surface area contributed by atoms with Crippen LogP contribution in [0.4, 0.5) is 0 Å². The van der Waals surface area contributed by atoms with Crippen LogP contribution >= 0.6 is 0 Å². The lowest BCUT2D eigenvalue weighted by atomic mass is 9.84. The SMILES string of the molecule is COc1cc(C(=O)OCC2(O)COC(OCC3OC(Oc4c(OC)cc(C5OCC6C(c7cc(OC)c(O)c(OC)c7)OCC56)cc4OC)C(O)C(O)C3O)C2O)cc(OC)c1O. The molecule has 3 aromatic rings. The molecule has 0 spiro atoms. The van der Waals surface area contributed by atoms with Crippen molar-refractivity contribution in [3.63, 3.8) is 0 Å². The summed E-state index contributed by atoms with van der Waals surface area (Å²) in [6.45, 7) is -1.12. The third kappa shape index (κ3) is 8.77. The molecule has 0 aromatic heterocycles. The molecule has 4 heterocycles. The molecule has 12 unspecified atom stereocenters. The van der Waals surface area contributed by atoms with Crippen molar-refractivity contribution in [2.75, 3.05) is 75.7 Å². The molecule has 0 radical (unpaired) electrons. The molecule has 0 aliphatic carbocycles. The van der Waals surface area contributed by atoms with Crippen molar-refractivity contribution in [3.05, 3.63) is 53.1 Å². The van der Waals surface area contributed by atoms with E-state index < -0.39 is 80.6 Å². The second-order valence-corrected chi connectivity index (χ2v) is 15.4. The molecular weight excluding hydrogens is 840 g/mol. The quantitative estimate of drug-likeness (QED) is 0.0977. The van der Waals surface area contributed by atoms with E-state index in [4.69, 9.17) is 61.6 Å². The third-order valence-electron chi connectivity index (χ3n) is 11.7. The van der Waals surface area contributed by atoms with Gasteiger partial charge in [0.1, 0.15) is 37.1 Å². The maximum atomic E-state index is 12.8. The first-order valence-corrected chi connectivity index (χ1v) is 19.8. The van der Waals surface area contributed by atoms with Crippen LogP contribution in [0.3, 0.4) is 0 Å². The lowest BCUT2D eigenvalue weighted by Crippen LogP contribution is -2.60. The zero-order valence-electron chi connectivity index (χ0n) is 35.2. The standard InChI is InChI=1S/C42H52O21/c1-51-23-7-18(8-24(52-2)30(23)43)35-21-13-58-36(22(21)14-57-35)19-9-27(55-5)37(28(10-19)56-6)63-40-34(47)33(46)32(45)29(62-40)15-59-41-38(48)42(50,17-61-41)16-60-39(49)20-11-25(53-3)31(44)26(12-20)54-4/h7-12,21-22,29,32-36,38,40-41,43-48,50H,13-17H2,1-6H3. The highest BCUT2D eigenvalue weighted by molar-refractivity contribution is 5.91. The number of aliphatic hydroxyl groups is 5. The Labute approximate surface area is 360 Å². The molecular formula is C42H52O21. The number of fused-ring (bicyclic) bond motifs is 1. The largest absolute Gasteiger partial charge is 0.502 e. The number of hydrogen-bond donors (Lipinski definition) is 7. The Morgan fingerprint density at radius 3 is 1.62 bits per heavy atom. The number of ether oxygens (including phenoxy) is 13. The molecule has 4 aliphatic heterocycles. The van der Waals surface area contributed by atoms with E-state index in [1.165, 1.54) is 54.8 Å². The van der Waals surface area contributed by atoms with Gasteiger partial charge in [0, 0.05) is 11.8 Å². The summed E-state index contributed by atoms with van der Waals surface area (Å²) in [5.74, 6) is -0.896. The fourth-order valence-electron chi connectivity index (χ4n) is 8.16. The van der Waals surface area contributed by atoms with Crippen molar-refractivity contribution >= 4 is 5.97 Å². The minimum absolute atomic E-state index is 0.00668. The molecule has 0 saturated carbocycles. The summed E-state index contributed by atoms with van der Waals surface area (Å²) >= 11 is 0. The summed E-state index contributed by atoms with van der Waals surface area (Å²) < 4.78 is 73.2. The van der Waals surface area contributed by atoms with E-state index in [9.17, 15) is 40.5 Å². The molecule has 346 valence electrons. The lowest BCUT2D eigenvalue weighted by Gasteiger charge is -2.40. The molecule has 0 bridgehead atoms. The number of methoxy groups -OCH3 is 6. The first-order valence-electron chi connectivity index (χ1n) is 19.8. The van der Waals surface area contributed by atoms with Gasteiger partial charge in [0.25, 0.3) is 0 Å². The molecule has 63 heavy (non-hydrogen) atoms. The number of hydrogen-bond acceptors (Lipinski definition) is 21. The van der Waals surface area contributed by atoms with Gasteiger partial charge in [-0.15, -0.1) is 0 Å². The van der Waals surface area contributed by atoms with Crippen LogP contribution in [-0.2, 0) is 28.4 Å². The van der Waals surface area contributed by atoms with Crippen LogP contribution in [0.25, 0.3) is 0 Å². The molecule has 7 N–H and O–H groups in total. The number of aliphatic hydroxyl groups excluding tert-OH is 4. The maximum Gasteiger partial charge on any atom is 0.338 e. The number of carbonyl (C=O) groups is 1. The normalized spacial score (nSPS) is 31.3. The summed E-state index contributed by atoms with van der Waals surface area (Å²) in [4.78, 5) is 12.8. The van der Waals surface area contributed by atoms with E-state index in [1.807, 2.05) is 0 Å². The van der Waals surface area contributed by atoms with E-state index in [2.05, 4.69) is 0 Å². The number of phenols is 2. The van der Waals surface area contributed by atoms with Crippen molar-refractivity contribution < 1.29 is 102 Å². The summed E-state index contributed by atoms with van der Waals surface area (Å²) in [5.41, 5.74) is -0.791. The molecule has 4 fully saturated rings. The average Bonchev–Trinajstić information content (AvgIpc) is 3.99. The van der Waals surface area contributed by atoms with Gasteiger partial charge < -0.3 is 97.3 Å². The van der Waals surface area contributed by atoms with Crippen LogP contribution in [0.1, 0.15) is 33.7 Å². The fraction of sp³-hybridized carbons (Fsp3) is 0.548. The highest BCUT2D eigenvalue weighted by atomic mass is 16.7. The van der Waals surface area contributed by atoms with Crippen LogP contribution in [0.5, 0.6) is 51.7 Å². The Morgan fingerprint density at radius 1 is 0.651 bits per heavy atom. The van der Waals surface area contributed by atoms with Crippen LogP contribution in [0.15, 0.2) is 36.4 Å². The van der Waals surface area contributed by atoms with Crippen LogP contribution < -0.4 is 33.2 Å². The predicted octanol–water partition coefficient (Wildman–Crippen LogP) is 0.733. The molecule has 4 aliphatic rings. The Balaban J connectivity index is 0.997. The van der Waals surface area contributed by atoms with Gasteiger partial charge in [-0.3, -0.25) is 0 Å². The molecule has 12 atom stereocenters. The number of carbonyl (C=O) groups excluding carboxylic acids is 1. The smallest absolute Gasteiger partial charge is 0.338 e. The van der Waals surface area contributed by atoms with Crippen molar-refractivity contribution in [1.29, 1.82) is 0 Å². The van der Waals surface area contributed by atoms with E-state index in [0.29, 0.717) is 18.8 Å². The van der Waals surface area contributed by atoms with Crippen molar-refractivity contribution in [2.24, 2.45) is 11.8 Å². The Bertz CT molecular complexity index is 2020. The molecule has 4 saturated heterocycles. The van der Waals surface area contributed by atoms with Crippen LogP contribution in [0.2, 0.25) is 0 Å². The van der Waals surface area contributed by atoms with Gasteiger partial charge in [0.05, 0.1) is 86.9 Å². The average molecular weight is 893 g/mol. The summed E-state index contributed by atoms with van der Waals surface area (Å²) in [6.07, 6.45) is -12.4. The van der Waals surface area contributed by atoms with E-state index >= 15 is 0 Å². The zero-order chi connectivity index (χ0) is 45.3. The van der Waals surface area contributed by atoms with Gasteiger partial charge in [-0.1, -0.05) is 0 Å². The third-order valence-corrected chi connectivity index (χ3v) is 11.7. The van der Waals surface area contributed by atoms with E-state index in [-0.39, 0.29) is 75.2 Å². The summed E-state index contributed by atoms with van der Waals surface area (Å²) in [7, 11) is 8.24. The number of esters is 1. The second-order valence-electron chi connectivity index (χ2n) is 15.4. The Hall–Kier alpha value is -5.07. The summed E-state index contributed by atoms with van der Waals surface area (Å²) in [6, 6.07) is 9.18. The molecule has 0 amide bonds. The predicted molar refractivity (Wildman–Crippen MR) is 211 cm³/mol. The number of phenolic OH excluding ortho intramolecular Hbond substituents is 2. The monoisotopic (exact) mass is 892 g/mol. The van der Waals surface area contributed by atoms with Gasteiger partial charge in [-0.25, -0.2) is 4.79 Å². The molecule has 3 aromatic carbocycles. The van der Waals surface area contributed by atoms with Crippen LogP contribution in [-0.4, -0.2) is 166 Å². The maximum absolute atomic E-state index is 12.8. The number of benzene rings is 3. The summed E-state index contributed by atoms with van der Waals surface area (Å²) in [5, 5.41) is 75.4. The van der Waals surface area contributed by atoms with E-state index in [1.54, 1.807) is 24.3 Å². The molecule has 7 rings (SSSR count). The lowest BCUT2D eigenvalue weighted by molar-refractivity contribution is -0.289. The first kappa shape index (κ1) is 45.9. The minimum atomic E-state index is -2.13. The van der Waals surface area contributed by atoms with Gasteiger partial charge in [-0.05, 0) is 47.5 Å². The van der Waals surface area contributed by atoms with Gasteiger partial charge in [0.2, 0.25) is 23.5 Å². The molecule has 21 heteroatoms. The van der Waals surface area contributed by atoms with Crippen molar-refractivity contribution in [2.45, 2.75) is 60.9 Å². The van der Waals surface area contributed by atoms with Gasteiger partial charge >= 0.3 is 5.97 Å². The fourth-order valence-corrected chi connectivity index (χ4v) is 8.16. The van der Waals surface area contributed by atoms with Gasteiger partial charge in [0.15, 0.2) is 46.4 Å². The Kier molecular flexibility index (Phi) is 13.8. The zero-order valence-corrected chi connectivity index (χ0v) is 35.2. The van der Waals surface area contributed by atoms with Crippen molar-refractivity contribution in [1.82, 2.24) is 0 Å². The topological polar surface area (TPSA) is 279 Å². The minimum Gasteiger partial charge on any atom is -0.502 e. The highest BCUT2D eigenvalue weighted by Gasteiger charge is 2.52. The number of aromatic hydroxyl groups is 2. The highest BCUT2D eigenvalue weighted by Crippen LogP contribution is 2.54. The Morgan fingerprint density at radius 2 is 1.13 bits per heavy atom. The van der Waals surface area contributed by atoms with Crippen molar-refractivity contribution in [3.8, 4) is 51.7 Å². The van der Waals surface area contributed by atoms with Crippen LogP contribution in [0, 0.1) is 11.8 Å². The molecule has 21 nitrogen and oxygen atoms in total.